The third-order valence-corrected chi connectivity index (χ3v) is 8.15. The van der Waals surface area contributed by atoms with Crippen LogP contribution in [0.2, 0.25) is 0 Å². The van der Waals surface area contributed by atoms with Gasteiger partial charge in [-0.15, -0.1) is 0 Å². The molecule has 4 aromatic rings. The van der Waals surface area contributed by atoms with E-state index in [1.165, 1.54) is 15.4 Å². The van der Waals surface area contributed by atoms with Crippen molar-refractivity contribution < 1.29 is 19.1 Å². The van der Waals surface area contributed by atoms with Crippen LogP contribution in [0.1, 0.15) is 34.7 Å². The van der Waals surface area contributed by atoms with Crippen molar-refractivity contribution in [3.63, 3.8) is 0 Å². The molecule has 0 bridgehead atoms. The van der Waals surface area contributed by atoms with Gasteiger partial charge in [-0.2, -0.15) is 0 Å². The van der Waals surface area contributed by atoms with Gasteiger partial charge in [-0.3, -0.25) is 19.4 Å². The molecule has 0 unspecified atom stereocenters. The monoisotopic (exact) mass is 702 g/mol. The van der Waals surface area contributed by atoms with Crippen LogP contribution in [0.4, 0.5) is 11.4 Å². The Bertz CT molecular complexity index is 1650. The zero-order valence-corrected chi connectivity index (χ0v) is 27.4. The summed E-state index contributed by atoms with van der Waals surface area (Å²) in [6, 6.07) is 26.8. The fourth-order valence-corrected chi connectivity index (χ4v) is 5.81. The van der Waals surface area contributed by atoms with E-state index >= 15 is 0 Å². The molecule has 5 rings (SSSR count). The number of rotatable bonds is 8. The summed E-state index contributed by atoms with van der Waals surface area (Å²) in [6.45, 7) is 8.69. The summed E-state index contributed by atoms with van der Waals surface area (Å²) in [6.07, 6.45) is 1.60. The van der Waals surface area contributed by atoms with Crippen molar-refractivity contribution >= 4 is 69.2 Å². The van der Waals surface area contributed by atoms with E-state index < -0.39 is 11.8 Å². The maximum atomic E-state index is 14.0. The second-order valence-corrected chi connectivity index (χ2v) is 11.9. The average Bonchev–Trinajstić information content (AvgIpc) is 2.98. The molecule has 0 radical (unpaired) electrons. The van der Waals surface area contributed by atoms with Gasteiger partial charge in [0.1, 0.15) is 12.2 Å². The molecule has 0 spiro atoms. The average molecular weight is 703 g/mol. The molecule has 1 saturated heterocycles. The summed E-state index contributed by atoms with van der Waals surface area (Å²) in [5.41, 5.74) is 6.10. The van der Waals surface area contributed by atoms with Crippen LogP contribution in [-0.2, 0) is 16.2 Å². The number of anilines is 2. The van der Waals surface area contributed by atoms with Gasteiger partial charge in [0.15, 0.2) is 16.6 Å². The highest BCUT2D eigenvalue weighted by Gasteiger charge is 2.41. The molecule has 0 aromatic heterocycles. The van der Waals surface area contributed by atoms with Crippen LogP contribution in [-0.4, -0.2) is 23.5 Å². The molecule has 43 heavy (non-hydrogen) atoms. The molecule has 218 valence electrons. The number of carbonyl (C=O) groups is 2. The number of nitrogens with zero attached hydrogens (tertiary/aromatic N) is 2. The molecule has 0 N–H and O–H groups in total. The lowest BCUT2D eigenvalue weighted by Crippen LogP contribution is -2.56. The summed E-state index contributed by atoms with van der Waals surface area (Å²) in [5.74, 6) is 0.158. The van der Waals surface area contributed by atoms with Crippen LogP contribution in [0.5, 0.6) is 11.5 Å². The van der Waals surface area contributed by atoms with Crippen LogP contribution >= 0.6 is 34.8 Å². The smallest absolute Gasteiger partial charge is 0.270 e. The first-order valence-corrected chi connectivity index (χ1v) is 15.4. The van der Waals surface area contributed by atoms with Crippen molar-refractivity contribution in [1.82, 2.24) is 0 Å². The van der Waals surface area contributed by atoms with Gasteiger partial charge in [0.05, 0.1) is 21.6 Å². The number of hydrogen-bond donors (Lipinski definition) is 0. The molecular formula is C35H31IN2O4S. The zero-order valence-electron chi connectivity index (χ0n) is 24.4. The highest BCUT2D eigenvalue weighted by molar-refractivity contribution is 14.1. The molecule has 1 aliphatic heterocycles. The molecule has 6 nitrogen and oxygen atoms in total. The number of benzene rings is 4. The number of thiocarbonyl (C=S) groups is 1. The summed E-state index contributed by atoms with van der Waals surface area (Å²) < 4.78 is 12.9. The van der Waals surface area contributed by atoms with E-state index in [9.17, 15) is 9.59 Å². The maximum Gasteiger partial charge on any atom is 0.270 e. The third kappa shape index (κ3) is 6.65. The number of hydrogen-bond acceptors (Lipinski definition) is 5. The van der Waals surface area contributed by atoms with Gasteiger partial charge in [-0.05, 0) is 116 Å². The molecule has 2 amide bonds. The Morgan fingerprint density at radius 2 is 1.23 bits per heavy atom. The third-order valence-electron chi connectivity index (χ3n) is 6.98. The molecular weight excluding hydrogens is 671 g/mol. The van der Waals surface area contributed by atoms with Crippen molar-refractivity contribution in [3.05, 3.63) is 122 Å². The fraction of sp³-hybridized carbons (Fsp3) is 0.171. The highest BCUT2D eigenvalue weighted by atomic mass is 127. The van der Waals surface area contributed by atoms with Crippen LogP contribution < -0.4 is 19.3 Å². The molecule has 1 heterocycles. The van der Waals surface area contributed by atoms with Gasteiger partial charge in [-0.1, -0.05) is 65.2 Å². The lowest BCUT2D eigenvalue weighted by atomic mass is 10.0. The molecule has 1 aliphatic rings. The predicted molar refractivity (Wildman–Crippen MR) is 184 cm³/mol. The molecule has 4 aromatic carbocycles. The molecule has 1 fully saturated rings. The molecule has 0 aliphatic carbocycles. The first kappa shape index (κ1) is 30.4. The van der Waals surface area contributed by atoms with Crippen molar-refractivity contribution in [3.8, 4) is 11.5 Å². The minimum atomic E-state index is -0.491. The second kappa shape index (κ2) is 13.1. The van der Waals surface area contributed by atoms with E-state index in [-0.39, 0.29) is 10.7 Å². The number of ether oxygens (including phenoxy) is 2. The zero-order chi connectivity index (χ0) is 30.7. The Hall–Kier alpha value is -4.02. The van der Waals surface area contributed by atoms with Crippen molar-refractivity contribution in [1.29, 1.82) is 0 Å². The van der Waals surface area contributed by atoms with Crippen molar-refractivity contribution in [2.45, 2.75) is 34.3 Å². The van der Waals surface area contributed by atoms with E-state index in [0.717, 1.165) is 20.3 Å². The maximum absolute atomic E-state index is 14.0. The van der Waals surface area contributed by atoms with Gasteiger partial charge in [0.25, 0.3) is 11.8 Å². The lowest BCUT2D eigenvalue weighted by molar-refractivity contribution is -0.120. The second-order valence-electron chi connectivity index (χ2n) is 10.3. The van der Waals surface area contributed by atoms with E-state index in [0.29, 0.717) is 41.7 Å². The van der Waals surface area contributed by atoms with Crippen LogP contribution in [0.3, 0.4) is 0 Å². The Balaban J connectivity index is 1.56. The van der Waals surface area contributed by atoms with E-state index in [2.05, 4.69) is 22.6 Å². The van der Waals surface area contributed by atoms with Gasteiger partial charge in [0, 0.05) is 0 Å². The lowest BCUT2D eigenvalue weighted by Gasteiger charge is -2.36. The topological polar surface area (TPSA) is 59.1 Å². The Kier molecular flexibility index (Phi) is 9.27. The van der Waals surface area contributed by atoms with E-state index in [1.807, 2.05) is 107 Å². The normalized spacial score (nSPS) is 13.4. The Morgan fingerprint density at radius 1 is 0.744 bits per heavy atom. The highest BCUT2D eigenvalue weighted by Crippen LogP contribution is 2.37. The summed E-state index contributed by atoms with van der Waals surface area (Å²) in [7, 11) is 0. The Morgan fingerprint density at radius 3 is 1.72 bits per heavy atom. The number of halogens is 1. The first-order chi connectivity index (χ1) is 20.7. The molecule has 0 saturated carbocycles. The Labute approximate surface area is 271 Å². The molecule has 0 atom stereocenters. The van der Waals surface area contributed by atoms with Gasteiger partial charge >= 0.3 is 0 Å². The summed E-state index contributed by atoms with van der Waals surface area (Å²) in [4.78, 5) is 30.8. The van der Waals surface area contributed by atoms with Crippen molar-refractivity contribution in [2.24, 2.45) is 0 Å². The molecule has 8 heteroatoms. The van der Waals surface area contributed by atoms with Crippen molar-refractivity contribution in [2.75, 3.05) is 16.4 Å². The first-order valence-electron chi connectivity index (χ1n) is 13.9. The van der Waals surface area contributed by atoms with E-state index in [4.69, 9.17) is 21.7 Å². The van der Waals surface area contributed by atoms with Gasteiger partial charge in [-0.25, -0.2) is 0 Å². The van der Waals surface area contributed by atoms with Gasteiger partial charge < -0.3 is 9.47 Å². The largest absolute Gasteiger partial charge is 0.490 e. The fourth-order valence-electron chi connectivity index (χ4n) is 4.65. The van der Waals surface area contributed by atoms with Crippen LogP contribution in [0.15, 0.2) is 90.5 Å². The minimum Gasteiger partial charge on any atom is -0.490 e. The number of amides is 2. The van der Waals surface area contributed by atoms with Gasteiger partial charge in [0.2, 0.25) is 0 Å². The predicted octanol–water partition coefficient (Wildman–Crippen LogP) is 7.94. The quantitative estimate of drug-likeness (QED) is 0.0808. The van der Waals surface area contributed by atoms with Crippen LogP contribution in [0.25, 0.3) is 6.08 Å². The standard InChI is InChI=1S/C35H31IN2O4S/c1-5-41-31-20-26(19-30(36)32(31)42-21-25-12-6-22(2)7-13-25)18-29-33(39)37(27-14-8-23(3)9-15-27)35(43)38(34(29)40)28-16-10-24(4)11-17-28/h6-20H,5,21H2,1-4H3. The number of aryl methyl sites for hydroxylation is 3. The summed E-state index contributed by atoms with van der Waals surface area (Å²) in [5, 5.41) is 0.101. The van der Waals surface area contributed by atoms with E-state index in [1.54, 1.807) is 12.1 Å². The number of carbonyl (C=O) groups excluding carboxylic acids is 2. The minimum absolute atomic E-state index is 0.0127. The summed E-state index contributed by atoms with van der Waals surface area (Å²) >= 11 is 7.96. The van der Waals surface area contributed by atoms with Crippen LogP contribution in [0, 0.1) is 24.3 Å². The SMILES string of the molecule is CCOc1cc(C=C2C(=O)N(c3ccc(C)cc3)C(=S)N(c3ccc(C)cc3)C2=O)cc(I)c1OCc1ccc(C)cc1.